The third kappa shape index (κ3) is 2.30. The van der Waals surface area contributed by atoms with Gasteiger partial charge in [-0.15, -0.1) is 6.58 Å². The summed E-state index contributed by atoms with van der Waals surface area (Å²) in [4.78, 5) is -1.66. The summed E-state index contributed by atoms with van der Waals surface area (Å²) >= 11 is 0. The molecule has 0 saturated heterocycles. The first-order valence-corrected chi connectivity index (χ1v) is 5.37. The van der Waals surface area contributed by atoms with Gasteiger partial charge in [0.2, 0.25) is 0 Å². The van der Waals surface area contributed by atoms with Crippen LogP contribution in [0.1, 0.15) is 27.2 Å². The molecule has 0 rings (SSSR count). The van der Waals surface area contributed by atoms with E-state index in [0.717, 1.165) is 0 Å². The summed E-state index contributed by atoms with van der Waals surface area (Å²) in [6.07, 6.45) is 2.00. The number of rotatable bonds is 4. The highest BCUT2D eigenvalue weighted by atomic mass is 32.2. The Bertz CT molecular complexity index is 291. The highest BCUT2D eigenvalue weighted by Crippen LogP contribution is 2.35. The minimum Gasteiger partial charge on any atom is -0.310 e. The topological polar surface area (TPSA) is 80.4 Å². The molecular formula is C8H17NO3S. The quantitative estimate of drug-likeness (QED) is 0.535. The SMILES string of the molecule is C=CCC(C)(C)C(C)(N)S(=O)(=O)O. The molecule has 1 unspecified atom stereocenters. The van der Waals surface area contributed by atoms with E-state index in [1.165, 1.54) is 6.92 Å². The smallest absolute Gasteiger partial charge is 0.284 e. The van der Waals surface area contributed by atoms with Crippen molar-refractivity contribution in [1.82, 2.24) is 0 Å². The summed E-state index contributed by atoms with van der Waals surface area (Å²) < 4.78 is 30.9. The molecule has 3 N–H and O–H groups in total. The van der Waals surface area contributed by atoms with E-state index in [4.69, 9.17) is 10.3 Å². The summed E-state index contributed by atoms with van der Waals surface area (Å²) in [7, 11) is -4.25. The minimum absolute atomic E-state index is 0.416. The molecule has 0 amide bonds. The van der Waals surface area contributed by atoms with E-state index in [2.05, 4.69) is 6.58 Å². The molecule has 0 aliphatic heterocycles. The zero-order valence-corrected chi connectivity index (χ0v) is 9.06. The van der Waals surface area contributed by atoms with Gasteiger partial charge in [0, 0.05) is 5.41 Å². The van der Waals surface area contributed by atoms with Crippen molar-refractivity contribution in [3.05, 3.63) is 12.7 Å². The lowest BCUT2D eigenvalue weighted by Gasteiger charge is -2.37. The largest absolute Gasteiger partial charge is 0.310 e. The monoisotopic (exact) mass is 207 g/mol. The standard InChI is InChI=1S/C8H17NO3S/c1-5-6-7(2,3)8(4,9)13(10,11)12/h5H,1,6,9H2,2-4H3,(H,10,11,12). The maximum absolute atomic E-state index is 11.0. The van der Waals surface area contributed by atoms with Gasteiger partial charge in [0.1, 0.15) is 4.87 Å². The Hall–Kier alpha value is -0.390. The third-order valence-corrected chi connectivity index (χ3v) is 4.16. The number of allylic oxidation sites excluding steroid dienone is 1. The summed E-state index contributed by atoms with van der Waals surface area (Å²) in [6.45, 7) is 8.15. The lowest BCUT2D eigenvalue weighted by molar-refractivity contribution is 0.245. The first-order chi connectivity index (χ1) is 5.56. The van der Waals surface area contributed by atoms with Gasteiger partial charge in [0.05, 0.1) is 0 Å². The maximum Gasteiger partial charge on any atom is 0.284 e. The van der Waals surface area contributed by atoms with Crippen molar-refractivity contribution < 1.29 is 13.0 Å². The highest BCUT2D eigenvalue weighted by Gasteiger charge is 2.46. The van der Waals surface area contributed by atoms with Crippen molar-refractivity contribution in [1.29, 1.82) is 0 Å². The normalized spacial score (nSPS) is 17.9. The van der Waals surface area contributed by atoms with Gasteiger partial charge >= 0.3 is 0 Å². The third-order valence-electron chi connectivity index (χ3n) is 2.53. The van der Waals surface area contributed by atoms with Gasteiger partial charge < -0.3 is 5.73 Å². The molecule has 0 aromatic heterocycles. The van der Waals surface area contributed by atoms with Gasteiger partial charge in [-0.25, -0.2) is 0 Å². The molecule has 0 aromatic rings. The van der Waals surface area contributed by atoms with Gasteiger partial charge in [0.15, 0.2) is 0 Å². The first kappa shape index (κ1) is 12.6. The van der Waals surface area contributed by atoms with E-state index in [1.54, 1.807) is 19.9 Å². The molecule has 0 spiro atoms. The average Bonchev–Trinajstić information content (AvgIpc) is 1.84. The van der Waals surface area contributed by atoms with Crippen LogP contribution < -0.4 is 5.73 Å². The Morgan fingerprint density at radius 3 is 2.08 bits per heavy atom. The fraction of sp³-hybridized carbons (Fsp3) is 0.750. The summed E-state index contributed by atoms with van der Waals surface area (Å²) in [6, 6.07) is 0. The van der Waals surface area contributed by atoms with Crippen LogP contribution in [0.5, 0.6) is 0 Å². The average molecular weight is 207 g/mol. The van der Waals surface area contributed by atoms with E-state index in [0.29, 0.717) is 6.42 Å². The van der Waals surface area contributed by atoms with Gasteiger partial charge in [-0.3, -0.25) is 4.55 Å². The second kappa shape index (κ2) is 3.40. The van der Waals surface area contributed by atoms with Crippen LogP contribution in [0, 0.1) is 5.41 Å². The molecule has 4 nitrogen and oxygen atoms in total. The van der Waals surface area contributed by atoms with Crippen LogP contribution in [-0.2, 0) is 10.1 Å². The lowest BCUT2D eigenvalue weighted by Crippen LogP contribution is -2.55. The van der Waals surface area contributed by atoms with E-state index in [-0.39, 0.29) is 0 Å². The molecule has 0 aromatic carbocycles. The zero-order valence-electron chi connectivity index (χ0n) is 8.24. The zero-order chi connectivity index (χ0) is 10.9. The Morgan fingerprint density at radius 1 is 1.46 bits per heavy atom. The van der Waals surface area contributed by atoms with Crippen molar-refractivity contribution in [3.63, 3.8) is 0 Å². The van der Waals surface area contributed by atoms with Crippen molar-refractivity contribution >= 4 is 10.1 Å². The lowest BCUT2D eigenvalue weighted by atomic mass is 9.82. The second-order valence-electron chi connectivity index (χ2n) is 3.96. The van der Waals surface area contributed by atoms with Crippen LogP contribution in [0.25, 0.3) is 0 Å². The number of hydrogen-bond acceptors (Lipinski definition) is 3. The fourth-order valence-electron chi connectivity index (χ4n) is 0.913. The van der Waals surface area contributed by atoms with Crippen molar-refractivity contribution in [2.75, 3.05) is 0 Å². The van der Waals surface area contributed by atoms with E-state index >= 15 is 0 Å². The van der Waals surface area contributed by atoms with Gasteiger partial charge in [-0.1, -0.05) is 19.9 Å². The van der Waals surface area contributed by atoms with Crippen molar-refractivity contribution in [3.8, 4) is 0 Å². The second-order valence-corrected chi connectivity index (χ2v) is 5.76. The molecule has 1 atom stereocenters. The Balaban J connectivity index is 5.15. The van der Waals surface area contributed by atoms with Crippen LogP contribution in [0.15, 0.2) is 12.7 Å². The van der Waals surface area contributed by atoms with Gasteiger partial charge in [-0.05, 0) is 13.3 Å². The summed E-state index contributed by atoms with van der Waals surface area (Å²) in [5, 5.41) is 0. The minimum atomic E-state index is -4.25. The Kier molecular flexibility index (Phi) is 3.30. The molecule has 0 bridgehead atoms. The van der Waals surface area contributed by atoms with E-state index in [1.807, 2.05) is 0 Å². The molecule has 0 radical (unpaired) electrons. The van der Waals surface area contributed by atoms with E-state index in [9.17, 15) is 8.42 Å². The van der Waals surface area contributed by atoms with Crippen LogP contribution in [-0.4, -0.2) is 17.8 Å². The summed E-state index contributed by atoms with van der Waals surface area (Å²) in [5.41, 5.74) is 4.82. The highest BCUT2D eigenvalue weighted by molar-refractivity contribution is 7.87. The van der Waals surface area contributed by atoms with Crippen molar-refractivity contribution in [2.45, 2.75) is 32.1 Å². The molecule has 78 valence electrons. The molecule has 0 heterocycles. The molecule has 0 fully saturated rings. The van der Waals surface area contributed by atoms with Crippen LogP contribution >= 0.6 is 0 Å². The predicted octanol–water partition coefficient (Wildman–Crippen LogP) is 1.15. The van der Waals surface area contributed by atoms with Crippen molar-refractivity contribution in [2.24, 2.45) is 11.1 Å². The Labute approximate surface area is 79.6 Å². The first-order valence-electron chi connectivity index (χ1n) is 3.93. The van der Waals surface area contributed by atoms with Gasteiger partial charge in [0.25, 0.3) is 10.1 Å². The number of nitrogens with two attached hydrogens (primary N) is 1. The maximum atomic E-state index is 11.0. The molecule has 13 heavy (non-hydrogen) atoms. The van der Waals surface area contributed by atoms with Crippen LogP contribution in [0.3, 0.4) is 0 Å². The molecule has 0 aliphatic rings. The van der Waals surface area contributed by atoms with Crippen LogP contribution in [0.4, 0.5) is 0 Å². The molecular weight excluding hydrogens is 190 g/mol. The molecule has 0 aliphatic carbocycles. The van der Waals surface area contributed by atoms with Crippen LogP contribution in [0.2, 0.25) is 0 Å². The fourth-order valence-corrected chi connectivity index (χ4v) is 1.69. The molecule has 5 heteroatoms. The number of hydrogen-bond donors (Lipinski definition) is 2. The van der Waals surface area contributed by atoms with Gasteiger partial charge in [-0.2, -0.15) is 8.42 Å². The summed E-state index contributed by atoms with van der Waals surface area (Å²) in [5.74, 6) is 0. The molecule has 0 saturated carbocycles. The Morgan fingerprint density at radius 2 is 1.85 bits per heavy atom. The predicted molar refractivity (Wildman–Crippen MR) is 52.7 cm³/mol. The van der Waals surface area contributed by atoms with E-state index < -0.39 is 20.4 Å².